The number of aliphatic hydroxyl groups is 1. The molecule has 5 unspecified atom stereocenters. The first-order chi connectivity index (χ1) is 40.2. The Morgan fingerprint density at radius 3 is 0.845 bits per heavy atom. The molecule has 0 amide bonds. The number of hydrogen-bond acceptors (Lipinski definition) is 15. The normalized spacial score (nSPS) is 15.1. The molecule has 0 aliphatic carbocycles. The highest BCUT2D eigenvalue weighted by atomic mass is 31.2. The fourth-order valence-corrected chi connectivity index (χ4v) is 11.1. The molecule has 0 aromatic carbocycles. The molecule has 0 fully saturated rings. The summed E-state index contributed by atoms with van der Waals surface area (Å²) in [5.41, 5.74) is 0. The Morgan fingerprint density at radius 2 is 0.571 bits per heavy atom. The van der Waals surface area contributed by atoms with Crippen LogP contribution in [0.5, 0.6) is 0 Å². The highest BCUT2D eigenvalue weighted by molar-refractivity contribution is 7.47. The van der Waals surface area contributed by atoms with E-state index < -0.39 is 97.5 Å². The van der Waals surface area contributed by atoms with E-state index in [2.05, 4.69) is 55.4 Å². The lowest BCUT2D eigenvalue weighted by Gasteiger charge is -2.21. The maximum atomic E-state index is 13.0. The van der Waals surface area contributed by atoms with E-state index in [9.17, 15) is 43.2 Å². The van der Waals surface area contributed by atoms with Crippen LogP contribution in [-0.4, -0.2) is 96.7 Å². The summed E-state index contributed by atoms with van der Waals surface area (Å²) in [7, 11) is -9.89. The Kier molecular flexibility index (Phi) is 53.9. The molecule has 7 atom stereocenters. The number of rotatable bonds is 62. The van der Waals surface area contributed by atoms with Crippen molar-refractivity contribution in [3.05, 3.63) is 0 Å². The molecule has 0 saturated carbocycles. The van der Waals surface area contributed by atoms with Crippen molar-refractivity contribution in [2.75, 3.05) is 39.6 Å². The summed E-state index contributed by atoms with van der Waals surface area (Å²) in [6.07, 6.45) is 34.9. The van der Waals surface area contributed by atoms with Gasteiger partial charge in [0.2, 0.25) is 0 Å². The molecule has 0 saturated heterocycles. The number of carbonyl (C=O) groups is 4. The molecule has 0 bridgehead atoms. The van der Waals surface area contributed by atoms with Crippen molar-refractivity contribution in [3.8, 4) is 0 Å². The minimum absolute atomic E-state index is 0.101. The largest absolute Gasteiger partial charge is 0.472 e. The number of hydrogen-bond donors (Lipinski definition) is 3. The fraction of sp³-hybridized carbons (Fsp3) is 0.938. The Labute approximate surface area is 511 Å². The summed E-state index contributed by atoms with van der Waals surface area (Å²) in [6.45, 7) is 14.0. The molecule has 0 radical (unpaired) electrons. The van der Waals surface area contributed by atoms with E-state index in [0.29, 0.717) is 31.6 Å². The van der Waals surface area contributed by atoms with Gasteiger partial charge in [0.25, 0.3) is 0 Å². The summed E-state index contributed by atoms with van der Waals surface area (Å²) in [5.74, 6) is 0.800. The first-order valence-corrected chi connectivity index (χ1v) is 36.8. The van der Waals surface area contributed by atoms with Gasteiger partial charge in [-0.05, 0) is 49.4 Å². The summed E-state index contributed by atoms with van der Waals surface area (Å²) in [4.78, 5) is 72.3. The zero-order valence-corrected chi connectivity index (χ0v) is 56.3. The van der Waals surface area contributed by atoms with Gasteiger partial charge >= 0.3 is 39.5 Å². The van der Waals surface area contributed by atoms with Crippen molar-refractivity contribution in [1.29, 1.82) is 0 Å². The van der Waals surface area contributed by atoms with Crippen molar-refractivity contribution < 1.29 is 80.2 Å². The molecule has 17 nitrogen and oxygen atoms in total. The average Bonchev–Trinajstić information content (AvgIpc) is 3.57. The standard InChI is InChI=1S/C65H126O17P2/c1-9-57(7)43-35-27-18-12-15-21-30-38-46-63(68)75-51-60(81-64(69)47-39-31-22-16-13-19-28-36-44-58(8)10-2)53-79-83(71,72)77-49-59(66)50-78-84(73,74)80-54-61(82-65(70)48-40-32-24-23-26-34-42-56(5)6)52-76-62(67)45-37-29-20-14-11-17-25-33-41-55(3)4/h55-61,66H,9-54H2,1-8H3,(H,71,72)(H,73,74)/t57?,58?,59?,60-,61-/m1/s1. The zero-order chi connectivity index (χ0) is 62.5. The fourth-order valence-electron chi connectivity index (χ4n) is 9.54. The lowest BCUT2D eigenvalue weighted by Crippen LogP contribution is -2.30. The summed E-state index contributed by atoms with van der Waals surface area (Å²) in [5, 5.41) is 10.5. The third-order valence-corrected chi connectivity index (χ3v) is 17.4. The quantitative estimate of drug-likeness (QED) is 0.0222. The minimum Gasteiger partial charge on any atom is -0.462 e. The predicted octanol–water partition coefficient (Wildman–Crippen LogP) is 17.8. The topological polar surface area (TPSA) is 237 Å². The number of ether oxygens (including phenoxy) is 4. The Hall–Kier alpha value is -1.94. The molecule has 0 spiro atoms. The van der Waals surface area contributed by atoms with Crippen molar-refractivity contribution in [1.82, 2.24) is 0 Å². The second-order valence-electron chi connectivity index (χ2n) is 24.9. The lowest BCUT2D eigenvalue weighted by atomic mass is 9.99. The second-order valence-corrected chi connectivity index (χ2v) is 27.8. The van der Waals surface area contributed by atoms with Crippen LogP contribution in [-0.2, 0) is 65.4 Å². The smallest absolute Gasteiger partial charge is 0.462 e. The van der Waals surface area contributed by atoms with Crippen LogP contribution in [0.1, 0.15) is 312 Å². The van der Waals surface area contributed by atoms with Gasteiger partial charge in [-0.15, -0.1) is 0 Å². The molecule has 0 aromatic heterocycles. The van der Waals surface area contributed by atoms with Crippen LogP contribution in [0.4, 0.5) is 0 Å². The van der Waals surface area contributed by atoms with Gasteiger partial charge in [0.15, 0.2) is 12.2 Å². The van der Waals surface area contributed by atoms with Crippen molar-refractivity contribution in [2.24, 2.45) is 23.7 Å². The number of phosphoric ester groups is 2. The Bertz CT molecular complexity index is 1680. The van der Waals surface area contributed by atoms with E-state index in [4.69, 9.17) is 37.0 Å². The lowest BCUT2D eigenvalue weighted by molar-refractivity contribution is -0.161. The molecule has 0 rings (SSSR count). The van der Waals surface area contributed by atoms with E-state index in [1.165, 1.54) is 116 Å². The molecule has 0 aliphatic rings. The zero-order valence-electron chi connectivity index (χ0n) is 54.5. The van der Waals surface area contributed by atoms with Crippen molar-refractivity contribution in [2.45, 2.75) is 331 Å². The molecule has 498 valence electrons. The highest BCUT2D eigenvalue weighted by Gasteiger charge is 2.30. The molecule has 19 heteroatoms. The van der Waals surface area contributed by atoms with E-state index in [-0.39, 0.29) is 25.7 Å². The first-order valence-electron chi connectivity index (χ1n) is 33.8. The van der Waals surface area contributed by atoms with Gasteiger partial charge in [-0.1, -0.05) is 261 Å². The van der Waals surface area contributed by atoms with Gasteiger partial charge in [-0.25, -0.2) is 9.13 Å². The number of carbonyl (C=O) groups excluding carboxylic acids is 4. The number of esters is 4. The minimum atomic E-state index is -4.95. The molecule has 0 heterocycles. The summed E-state index contributed by atoms with van der Waals surface area (Å²) in [6, 6.07) is 0. The number of aliphatic hydroxyl groups excluding tert-OH is 1. The second kappa shape index (κ2) is 55.2. The van der Waals surface area contributed by atoms with E-state index in [0.717, 1.165) is 108 Å². The molecule has 84 heavy (non-hydrogen) atoms. The third kappa shape index (κ3) is 56.6. The van der Waals surface area contributed by atoms with Gasteiger partial charge in [-0.2, -0.15) is 0 Å². The third-order valence-electron chi connectivity index (χ3n) is 15.5. The Balaban J connectivity index is 5.26. The van der Waals surface area contributed by atoms with E-state index in [1.54, 1.807) is 0 Å². The number of unbranched alkanes of at least 4 members (excludes halogenated alkanes) is 26. The molecular formula is C65H126O17P2. The van der Waals surface area contributed by atoms with E-state index in [1.807, 2.05) is 0 Å². The van der Waals surface area contributed by atoms with Crippen LogP contribution in [0.2, 0.25) is 0 Å². The van der Waals surface area contributed by atoms with Gasteiger partial charge < -0.3 is 33.8 Å². The SMILES string of the molecule is CCC(C)CCCCCCCCCCC(=O)OC[C@H](COP(=O)(O)OCC(O)COP(=O)(O)OC[C@@H](COC(=O)CCCCCCCCCCC(C)C)OC(=O)CCCCCCCCC(C)C)OC(=O)CCCCCCCCCCC(C)CC. The van der Waals surface area contributed by atoms with E-state index >= 15 is 0 Å². The number of phosphoric acid groups is 2. The summed E-state index contributed by atoms with van der Waals surface area (Å²) >= 11 is 0. The van der Waals surface area contributed by atoms with Gasteiger partial charge in [-0.3, -0.25) is 37.3 Å². The van der Waals surface area contributed by atoms with Gasteiger partial charge in [0.05, 0.1) is 26.4 Å². The summed E-state index contributed by atoms with van der Waals surface area (Å²) < 4.78 is 68.0. The van der Waals surface area contributed by atoms with Crippen LogP contribution in [0.25, 0.3) is 0 Å². The monoisotopic (exact) mass is 1240 g/mol. The molecular weight excluding hydrogens is 1110 g/mol. The average molecular weight is 1240 g/mol. The molecule has 3 N–H and O–H groups in total. The van der Waals surface area contributed by atoms with Crippen LogP contribution in [0.15, 0.2) is 0 Å². The maximum absolute atomic E-state index is 13.0. The van der Waals surface area contributed by atoms with Crippen LogP contribution in [0.3, 0.4) is 0 Å². The predicted molar refractivity (Wildman–Crippen MR) is 335 cm³/mol. The first kappa shape index (κ1) is 82.1. The van der Waals surface area contributed by atoms with Crippen LogP contribution in [0, 0.1) is 23.7 Å². The molecule has 0 aromatic rings. The van der Waals surface area contributed by atoms with Crippen LogP contribution < -0.4 is 0 Å². The highest BCUT2D eigenvalue weighted by Crippen LogP contribution is 2.45. The van der Waals surface area contributed by atoms with Crippen molar-refractivity contribution in [3.63, 3.8) is 0 Å². The van der Waals surface area contributed by atoms with Gasteiger partial charge in [0, 0.05) is 25.7 Å². The maximum Gasteiger partial charge on any atom is 0.472 e. The van der Waals surface area contributed by atoms with Crippen molar-refractivity contribution >= 4 is 39.5 Å². The van der Waals surface area contributed by atoms with Crippen LogP contribution >= 0.6 is 15.6 Å². The Morgan fingerprint density at radius 1 is 0.333 bits per heavy atom. The molecule has 0 aliphatic heterocycles. The van der Waals surface area contributed by atoms with Gasteiger partial charge in [0.1, 0.15) is 19.3 Å².